The second kappa shape index (κ2) is 4.81. The van der Waals surface area contributed by atoms with Crippen LogP contribution in [0.4, 0.5) is 5.69 Å². The first-order chi connectivity index (χ1) is 6.13. The lowest BCUT2D eigenvalue weighted by molar-refractivity contribution is 0.346. The van der Waals surface area contributed by atoms with Gasteiger partial charge in [-0.05, 0) is 53.9 Å². The minimum atomic E-state index is 0.864. The minimum absolute atomic E-state index is 0.864. The quantitative estimate of drug-likeness (QED) is 0.684. The standard InChI is InChI=1S/C10H15IN2/c1-3-13(2)7-8-4-5-10(12)9(11)6-8/h4-6H,3,7,12H2,1-2H3. The van der Waals surface area contributed by atoms with E-state index in [2.05, 4.69) is 53.6 Å². The van der Waals surface area contributed by atoms with Crippen LogP contribution in [0, 0.1) is 3.57 Å². The Morgan fingerprint density at radius 3 is 2.69 bits per heavy atom. The molecule has 3 heteroatoms. The fourth-order valence-corrected chi connectivity index (χ4v) is 1.67. The van der Waals surface area contributed by atoms with Crippen molar-refractivity contribution >= 4 is 28.3 Å². The molecule has 1 aromatic rings. The van der Waals surface area contributed by atoms with E-state index in [1.807, 2.05) is 6.07 Å². The molecule has 0 saturated carbocycles. The van der Waals surface area contributed by atoms with Gasteiger partial charge in [-0.3, -0.25) is 0 Å². The Morgan fingerprint density at radius 2 is 2.15 bits per heavy atom. The third-order valence-electron chi connectivity index (χ3n) is 2.06. The molecule has 0 aliphatic rings. The van der Waals surface area contributed by atoms with E-state index in [-0.39, 0.29) is 0 Å². The summed E-state index contributed by atoms with van der Waals surface area (Å²) in [5.74, 6) is 0. The van der Waals surface area contributed by atoms with E-state index in [0.29, 0.717) is 0 Å². The van der Waals surface area contributed by atoms with Gasteiger partial charge in [0.1, 0.15) is 0 Å². The van der Waals surface area contributed by atoms with E-state index >= 15 is 0 Å². The van der Waals surface area contributed by atoms with Crippen LogP contribution in [0.25, 0.3) is 0 Å². The summed E-state index contributed by atoms with van der Waals surface area (Å²) in [7, 11) is 2.11. The van der Waals surface area contributed by atoms with Crippen molar-refractivity contribution in [3.8, 4) is 0 Å². The fraction of sp³-hybridized carbons (Fsp3) is 0.400. The SMILES string of the molecule is CCN(C)Cc1ccc(N)c(I)c1. The van der Waals surface area contributed by atoms with E-state index in [1.165, 1.54) is 5.56 Å². The Balaban J connectivity index is 2.73. The van der Waals surface area contributed by atoms with Crippen molar-refractivity contribution in [2.24, 2.45) is 0 Å². The van der Waals surface area contributed by atoms with Gasteiger partial charge in [0.25, 0.3) is 0 Å². The number of halogens is 1. The Bertz CT molecular complexity index is 286. The molecule has 0 aliphatic heterocycles. The zero-order chi connectivity index (χ0) is 9.84. The topological polar surface area (TPSA) is 29.3 Å². The Kier molecular flexibility index (Phi) is 3.99. The molecule has 72 valence electrons. The first kappa shape index (κ1) is 10.8. The Morgan fingerprint density at radius 1 is 1.46 bits per heavy atom. The average Bonchev–Trinajstić information content (AvgIpc) is 2.11. The molecule has 0 atom stereocenters. The molecule has 0 aromatic heterocycles. The highest BCUT2D eigenvalue weighted by molar-refractivity contribution is 14.1. The maximum absolute atomic E-state index is 5.73. The third-order valence-corrected chi connectivity index (χ3v) is 2.99. The fourth-order valence-electron chi connectivity index (χ4n) is 1.09. The highest BCUT2D eigenvalue weighted by atomic mass is 127. The molecule has 2 N–H and O–H groups in total. The molecule has 0 fully saturated rings. The molecule has 0 bridgehead atoms. The zero-order valence-electron chi connectivity index (χ0n) is 8.05. The lowest BCUT2D eigenvalue weighted by Crippen LogP contribution is -2.16. The molecular weight excluding hydrogens is 275 g/mol. The van der Waals surface area contributed by atoms with E-state index in [4.69, 9.17) is 5.73 Å². The summed E-state index contributed by atoms with van der Waals surface area (Å²) in [6, 6.07) is 6.20. The number of rotatable bonds is 3. The number of benzene rings is 1. The van der Waals surface area contributed by atoms with Crippen molar-refractivity contribution in [3.05, 3.63) is 27.3 Å². The first-order valence-electron chi connectivity index (χ1n) is 4.36. The Labute approximate surface area is 93.3 Å². The Hall–Kier alpha value is -0.290. The van der Waals surface area contributed by atoms with Crippen LogP contribution in [-0.2, 0) is 6.54 Å². The summed E-state index contributed by atoms with van der Waals surface area (Å²) >= 11 is 2.27. The molecule has 0 heterocycles. The number of nitrogens with zero attached hydrogens (tertiary/aromatic N) is 1. The van der Waals surface area contributed by atoms with Crippen LogP contribution >= 0.6 is 22.6 Å². The normalized spacial score (nSPS) is 10.8. The van der Waals surface area contributed by atoms with Crippen molar-refractivity contribution in [2.45, 2.75) is 13.5 Å². The number of nitrogen functional groups attached to an aromatic ring is 1. The second-order valence-electron chi connectivity index (χ2n) is 3.19. The van der Waals surface area contributed by atoms with Gasteiger partial charge in [-0.2, -0.15) is 0 Å². The molecule has 0 spiro atoms. The van der Waals surface area contributed by atoms with Gasteiger partial charge in [0.2, 0.25) is 0 Å². The van der Waals surface area contributed by atoms with Gasteiger partial charge in [-0.15, -0.1) is 0 Å². The molecule has 1 aromatic carbocycles. The maximum Gasteiger partial charge on any atom is 0.0449 e. The molecule has 1 rings (SSSR count). The zero-order valence-corrected chi connectivity index (χ0v) is 10.2. The van der Waals surface area contributed by atoms with Crippen LogP contribution in [-0.4, -0.2) is 18.5 Å². The van der Waals surface area contributed by atoms with Crippen LogP contribution < -0.4 is 5.73 Å². The van der Waals surface area contributed by atoms with Gasteiger partial charge in [-0.25, -0.2) is 0 Å². The van der Waals surface area contributed by atoms with Crippen molar-refractivity contribution in [3.63, 3.8) is 0 Å². The van der Waals surface area contributed by atoms with Crippen molar-refractivity contribution in [2.75, 3.05) is 19.3 Å². The summed E-state index contributed by atoms with van der Waals surface area (Å²) in [5.41, 5.74) is 7.92. The van der Waals surface area contributed by atoms with Crippen LogP contribution in [0.15, 0.2) is 18.2 Å². The molecule has 13 heavy (non-hydrogen) atoms. The summed E-state index contributed by atoms with van der Waals surface area (Å²) in [5, 5.41) is 0. The second-order valence-corrected chi connectivity index (χ2v) is 4.35. The summed E-state index contributed by atoms with van der Waals surface area (Å²) in [6.07, 6.45) is 0. The summed E-state index contributed by atoms with van der Waals surface area (Å²) in [4.78, 5) is 2.27. The maximum atomic E-state index is 5.73. The average molecular weight is 290 g/mol. The first-order valence-corrected chi connectivity index (χ1v) is 5.43. The molecule has 0 unspecified atom stereocenters. The van der Waals surface area contributed by atoms with Crippen LogP contribution in [0.1, 0.15) is 12.5 Å². The van der Waals surface area contributed by atoms with Gasteiger partial charge < -0.3 is 10.6 Å². The molecule has 0 radical (unpaired) electrons. The highest BCUT2D eigenvalue weighted by Crippen LogP contribution is 2.16. The molecule has 0 amide bonds. The van der Waals surface area contributed by atoms with Gasteiger partial charge in [-0.1, -0.05) is 13.0 Å². The van der Waals surface area contributed by atoms with E-state index in [1.54, 1.807) is 0 Å². The van der Waals surface area contributed by atoms with Crippen molar-refractivity contribution < 1.29 is 0 Å². The molecule has 0 aliphatic carbocycles. The smallest absolute Gasteiger partial charge is 0.0449 e. The lowest BCUT2D eigenvalue weighted by atomic mass is 10.2. The lowest BCUT2D eigenvalue weighted by Gasteiger charge is -2.14. The number of nitrogens with two attached hydrogens (primary N) is 1. The molecule has 0 saturated heterocycles. The minimum Gasteiger partial charge on any atom is -0.398 e. The number of anilines is 1. The number of hydrogen-bond acceptors (Lipinski definition) is 2. The van der Waals surface area contributed by atoms with E-state index < -0.39 is 0 Å². The van der Waals surface area contributed by atoms with Crippen molar-refractivity contribution in [1.82, 2.24) is 4.90 Å². The third kappa shape index (κ3) is 3.15. The molecule has 2 nitrogen and oxygen atoms in total. The van der Waals surface area contributed by atoms with Gasteiger partial charge >= 0.3 is 0 Å². The largest absolute Gasteiger partial charge is 0.398 e. The van der Waals surface area contributed by atoms with Crippen LogP contribution in [0.3, 0.4) is 0 Å². The van der Waals surface area contributed by atoms with Crippen LogP contribution in [0.2, 0.25) is 0 Å². The highest BCUT2D eigenvalue weighted by Gasteiger charge is 2.00. The van der Waals surface area contributed by atoms with Crippen LogP contribution in [0.5, 0.6) is 0 Å². The monoisotopic (exact) mass is 290 g/mol. The van der Waals surface area contributed by atoms with Gasteiger partial charge in [0.05, 0.1) is 0 Å². The van der Waals surface area contributed by atoms with Crippen molar-refractivity contribution in [1.29, 1.82) is 0 Å². The summed E-state index contributed by atoms with van der Waals surface area (Å²) < 4.78 is 1.14. The summed E-state index contributed by atoms with van der Waals surface area (Å²) in [6.45, 7) is 4.22. The predicted molar refractivity (Wildman–Crippen MR) is 65.6 cm³/mol. The number of hydrogen-bond donors (Lipinski definition) is 1. The molecular formula is C10H15IN2. The van der Waals surface area contributed by atoms with Gasteiger partial charge in [0.15, 0.2) is 0 Å². The van der Waals surface area contributed by atoms with Gasteiger partial charge in [0, 0.05) is 15.8 Å². The predicted octanol–water partition coefficient (Wildman–Crippen LogP) is 2.33. The van der Waals surface area contributed by atoms with E-state index in [9.17, 15) is 0 Å². The van der Waals surface area contributed by atoms with E-state index in [0.717, 1.165) is 22.3 Å².